The number of morpholine rings is 1. The molecule has 0 radical (unpaired) electrons. The molecule has 6 rings (SSSR count). The molecule has 35 heavy (non-hydrogen) atoms. The van der Waals surface area contributed by atoms with Crippen molar-refractivity contribution in [2.24, 2.45) is 0 Å². The van der Waals surface area contributed by atoms with Gasteiger partial charge in [-0.2, -0.15) is 0 Å². The van der Waals surface area contributed by atoms with Gasteiger partial charge in [0.05, 0.1) is 41.3 Å². The molecule has 0 spiro atoms. The van der Waals surface area contributed by atoms with Crippen molar-refractivity contribution in [1.82, 2.24) is 14.9 Å². The number of aromatic nitrogens is 2. The number of hydrogen-bond acceptors (Lipinski definition) is 7. The summed E-state index contributed by atoms with van der Waals surface area (Å²) in [6, 6.07) is 11.2. The van der Waals surface area contributed by atoms with Crippen LogP contribution in [0.15, 0.2) is 42.6 Å². The lowest BCUT2D eigenvalue weighted by atomic mass is 9.91. The number of rotatable bonds is 4. The Balaban J connectivity index is 1.20. The third-order valence-corrected chi connectivity index (χ3v) is 7.27. The molecule has 2 aromatic carbocycles. The average molecular weight is 473 g/mol. The molecule has 1 aromatic heterocycles. The molecule has 3 aliphatic rings. The van der Waals surface area contributed by atoms with Gasteiger partial charge in [0.2, 0.25) is 0 Å². The monoisotopic (exact) mass is 472 g/mol. The Labute approximate surface area is 203 Å². The zero-order chi connectivity index (χ0) is 23.9. The van der Waals surface area contributed by atoms with E-state index in [2.05, 4.69) is 27.0 Å². The zero-order valence-corrected chi connectivity index (χ0v) is 19.8. The van der Waals surface area contributed by atoms with Gasteiger partial charge < -0.3 is 14.4 Å². The zero-order valence-electron chi connectivity index (χ0n) is 19.8. The van der Waals surface area contributed by atoms with E-state index in [1.54, 1.807) is 24.3 Å². The summed E-state index contributed by atoms with van der Waals surface area (Å²) < 4.78 is 12.1. The van der Waals surface area contributed by atoms with Crippen LogP contribution in [0.4, 0.5) is 5.69 Å². The second-order valence-electron chi connectivity index (χ2n) is 9.47. The van der Waals surface area contributed by atoms with E-state index >= 15 is 0 Å². The summed E-state index contributed by atoms with van der Waals surface area (Å²) in [4.78, 5) is 38.6. The Kier molecular flexibility index (Phi) is 5.60. The number of fused-ring (bicyclic) bond motifs is 2. The first-order valence-electron chi connectivity index (χ1n) is 12.3. The van der Waals surface area contributed by atoms with Crippen molar-refractivity contribution in [2.75, 3.05) is 31.2 Å². The fourth-order valence-corrected chi connectivity index (χ4v) is 5.42. The first-order valence-corrected chi connectivity index (χ1v) is 12.3. The molecule has 1 saturated carbocycles. The number of carbonyl (C=O) groups is 2. The quantitative estimate of drug-likeness (QED) is 0.535. The van der Waals surface area contributed by atoms with E-state index < -0.39 is 0 Å². The maximum Gasteiger partial charge on any atom is 0.261 e. The van der Waals surface area contributed by atoms with Crippen LogP contribution in [0.5, 0.6) is 5.75 Å². The number of aryl methyl sites for hydroxylation is 1. The normalized spacial score (nSPS) is 22.5. The predicted molar refractivity (Wildman–Crippen MR) is 131 cm³/mol. The first-order chi connectivity index (χ1) is 17.1. The molecule has 3 heterocycles. The van der Waals surface area contributed by atoms with Crippen LogP contribution in [0, 0.1) is 6.92 Å². The van der Waals surface area contributed by atoms with E-state index in [9.17, 15) is 9.59 Å². The minimum absolute atomic E-state index is 0.00544. The summed E-state index contributed by atoms with van der Waals surface area (Å²) in [6.07, 6.45) is 4.84. The van der Waals surface area contributed by atoms with Crippen LogP contribution >= 0.6 is 0 Å². The van der Waals surface area contributed by atoms with Crippen LogP contribution in [-0.2, 0) is 4.74 Å². The second kappa shape index (κ2) is 8.92. The van der Waals surface area contributed by atoms with E-state index in [-0.39, 0.29) is 24.0 Å². The molecule has 1 saturated heterocycles. The summed E-state index contributed by atoms with van der Waals surface area (Å²) in [7, 11) is 0. The Morgan fingerprint density at radius 3 is 2.34 bits per heavy atom. The summed E-state index contributed by atoms with van der Waals surface area (Å²) in [5.74, 6) is 1.16. The molecule has 1 aliphatic carbocycles. The van der Waals surface area contributed by atoms with E-state index in [0.29, 0.717) is 24.3 Å². The maximum atomic E-state index is 12.9. The summed E-state index contributed by atoms with van der Waals surface area (Å²) in [6.45, 7) is 4.97. The molecular weight excluding hydrogens is 444 g/mol. The van der Waals surface area contributed by atoms with E-state index in [1.807, 2.05) is 13.1 Å². The molecule has 2 aliphatic heterocycles. The van der Waals surface area contributed by atoms with Crippen molar-refractivity contribution in [1.29, 1.82) is 0 Å². The van der Waals surface area contributed by atoms with Crippen molar-refractivity contribution >= 4 is 28.4 Å². The van der Waals surface area contributed by atoms with Gasteiger partial charge in [-0.3, -0.25) is 14.5 Å². The van der Waals surface area contributed by atoms with Crippen LogP contribution < -0.4 is 9.64 Å². The van der Waals surface area contributed by atoms with Crippen LogP contribution in [0.25, 0.3) is 10.9 Å². The Morgan fingerprint density at radius 1 is 0.971 bits per heavy atom. The fraction of sp³-hybridized carbons (Fsp3) is 0.407. The topological polar surface area (TPSA) is 84.9 Å². The molecule has 8 nitrogen and oxygen atoms in total. The number of amides is 2. The van der Waals surface area contributed by atoms with Gasteiger partial charge in [-0.25, -0.2) is 9.97 Å². The average Bonchev–Trinajstić information content (AvgIpc) is 3.14. The Bertz CT molecular complexity index is 1260. The lowest BCUT2D eigenvalue weighted by molar-refractivity contribution is 0.0480. The predicted octanol–water partition coefficient (Wildman–Crippen LogP) is 3.76. The third-order valence-electron chi connectivity index (χ3n) is 7.27. The van der Waals surface area contributed by atoms with Crippen molar-refractivity contribution in [3.8, 4) is 5.75 Å². The van der Waals surface area contributed by atoms with Gasteiger partial charge >= 0.3 is 0 Å². The van der Waals surface area contributed by atoms with E-state index in [0.717, 1.165) is 66.9 Å². The highest BCUT2D eigenvalue weighted by molar-refractivity contribution is 6.21. The molecule has 3 aromatic rings. The maximum absolute atomic E-state index is 12.9. The number of imide groups is 1. The molecule has 8 heteroatoms. The fourth-order valence-electron chi connectivity index (χ4n) is 5.42. The highest BCUT2D eigenvalue weighted by Crippen LogP contribution is 2.36. The second-order valence-corrected chi connectivity index (χ2v) is 9.47. The molecule has 0 unspecified atom stereocenters. The highest BCUT2D eigenvalue weighted by Gasteiger charge is 2.41. The number of hydrogen-bond donors (Lipinski definition) is 0. The van der Waals surface area contributed by atoms with Crippen molar-refractivity contribution in [3.63, 3.8) is 0 Å². The standard InChI is InChI=1S/C27H28N4O4/c1-17-28-16-23-24(29-17)14-19(30-10-12-34-13-11-30)15-25(23)35-20-8-6-18(7-9-20)31-26(32)21-4-2-3-5-22(21)27(31)33/h2-5,14-16,18,20H,6-13H2,1H3. The van der Waals surface area contributed by atoms with Crippen LogP contribution in [0.3, 0.4) is 0 Å². The lowest BCUT2D eigenvalue weighted by Gasteiger charge is -2.34. The number of ether oxygens (including phenoxy) is 2. The molecule has 2 amide bonds. The van der Waals surface area contributed by atoms with Crippen LogP contribution in [0.2, 0.25) is 0 Å². The molecule has 0 N–H and O–H groups in total. The largest absolute Gasteiger partial charge is 0.490 e. The molecule has 0 atom stereocenters. The molecular formula is C27H28N4O4. The minimum Gasteiger partial charge on any atom is -0.490 e. The SMILES string of the molecule is Cc1ncc2c(OC3CCC(N4C(=O)c5ccccc5C4=O)CC3)cc(N3CCOCC3)cc2n1. The smallest absolute Gasteiger partial charge is 0.261 e. The van der Waals surface area contributed by atoms with Gasteiger partial charge in [0.1, 0.15) is 11.6 Å². The van der Waals surface area contributed by atoms with Crippen molar-refractivity contribution < 1.29 is 19.1 Å². The molecule has 180 valence electrons. The molecule has 2 fully saturated rings. The van der Waals surface area contributed by atoms with Gasteiger partial charge in [-0.05, 0) is 50.8 Å². The minimum atomic E-state index is -0.174. The first kappa shape index (κ1) is 22.0. The van der Waals surface area contributed by atoms with Crippen LogP contribution in [0.1, 0.15) is 52.2 Å². The van der Waals surface area contributed by atoms with E-state index in [1.165, 1.54) is 4.90 Å². The molecule has 0 bridgehead atoms. The number of benzene rings is 2. The van der Waals surface area contributed by atoms with Crippen molar-refractivity contribution in [3.05, 3.63) is 59.5 Å². The van der Waals surface area contributed by atoms with Gasteiger partial charge in [0.15, 0.2) is 0 Å². The highest BCUT2D eigenvalue weighted by atomic mass is 16.5. The van der Waals surface area contributed by atoms with Gasteiger partial charge in [-0.1, -0.05) is 12.1 Å². The lowest BCUT2D eigenvalue weighted by Crippen LogP contribution is -2.43. The summed E-state index contributed by atoms with van der Waals surface area (Å²) in [5, 5.41) is 0.898. The van der Waals surface area contributed by atoms with Gasteiger partial charge in [0.25, 0.3) is 11.8 Å². The number of anilines is 1. The van der Waals surface area contributed by atoms with Gasteiger partial charge in [0, 0.05) is 37.1 Å². The number of nitrogens with zero attached hydrogens (tertiary/aromatic N) is 4. The van der Waals surface area contributed by atoms with Gasteiger partial charge in [-0.15, -0.1) is 0 Å². The third kappa shape index (κ3) is 4.01. The van der Waals surface area contributed by atoms with Crippen LogP contribution in [-0.4, -0.2) is 65.1 Å². The number of carbonyl (C=O) groups excluding carboxylic acids is 2. The summed E-state index contributed by atoms with van der Waals surface area (Å²) in [5.41, 5.74) is 2.97. The van der Waals surface area contributed by atoms with Crippen molar-refractivity contribution in [2.45, 2.75) is 44.8 Å². The Morgan fingerprint density at radius 2 is 1.66 bits per heavy atom. The van der Waals surface area contributed by atoms with E-state index in [4.69, 9.17) is 9.47 Å². The summed E-state index contributed by atoms with van der Waals surface area (Å²) >= 11 is 0. The Hall–Kier alpha value is -3.52.